The Balaban J connectivity index is 0.000000187. The van der Waals surface area contributed by atoms with Crippen LogP contribution < -0.4 is 0 Å². The fourth-order valence-corrected chi connectivity index (χ4v) is 3.28. The second-order valence-electron chi connectivity index (χ2n) is 7.77. The zero-order chi connectivity index (χ0) is 25.7. The van der Waals surface area contributed by atoms with Gasteiger partial charge in [0.2, 0.25) is 0 Å². The third-order valence-electron chi connectivity index (χ3n) is 5.08. The Bertz CT molecular complexity index is 1090. The molecule has 2 aromatic heterocycles. The summed E-state index contributed by atoms with van der Waals surface area (Å²) in [6.45, 7) is 0. The van der Waals surface area contributed by atoms with Gasteiger partial charge in [-0.25, -0.2) is 41.8 Å². The Kier molecular flexibility index (Phi) is 11.9. The van der Waals surface area contributed by atoms with Crippen molar-refractivity contribution in [3.8, 4) is 0 Å². The van der Waals surface area contributed by atoms with Crippen LogP contribution in [0.3, 0.4) is 0 Å². The van der Waals surface area contributed by atoms with Crippen LogP contribution in [0.25, 0.3) is 0 Å². The monoisotopic (exact) mass is 538 g/mol. The number of aromatic nitrogens is 2. The quantitative estimate of drug-likeness (QED) is 0.146. The van der Waals surface area contributed by atoms with E-state index >= 15 is 0 Å². The number of nitrogens with one attached hydrogen (secondary N) is 2. The molecule has 0 saturated carbocycles. The average Bonchev–Trinajstić information content (AvgIpc) is 3.71. The van der Waals surface area contributed by atoms with E-state index in [0.717, 1.165) is 12.8 Å². The molecule has 2 unspecified atom stereocenters. The number of aromatic amines is 2. The van der Waals surface area contributed by atoms with Gasteiger partial charge in [0.05, 0.1) is 0 Å². The maximum Gasteiger partial charge on any atom is 4.00 e. The van der Waals surface area contributed by atoms with Crippen LogP contribution >= 0.6 is 0 Å². The Labute approximate surface area is 229 Å². The average molecular weight is 538 g/mol. The maximum atomic E-state index is 13.9. The first-order valence-electron chi connectivity index (χ1n) is 11.2. The topological polar surface area (TPSA) is 31.6 Å². The van der Waals surface area contributed by atoms with Crippen LogP contribution in [0.1, 0.15) is 11.1 Å². The van der Waals surface area contributed by atoms with Crippen LogP contribution in [0.4, 0.5) is 17.6 Å². The summed E-state index contributed by atoms with van der Waals surface area (Å²) in [4.78, 5) is 5.46. The Morgan fingerprint density at radius 3 is 1.24 bits per heavy atom. The molecule has 0 bridgehead atoms. The third-order valence-corrected chi connectivity index (χ3v) is 5.08. The molecular weight excluding hydrogens is 512 g/mol. The van der Waals surface area contributed by atoms with E-state index in [-0.39, 0.29) is 21.7 Å². The standard InChI is InChI=1S/2C10H8F2N.2C5H5.Ti/c2*11-9-2-1-4-10(12,6-9)8-3-5-13-7-8;2*1-2-4-5-3-1;/h2*1-7,13H;2*1-5H;/q4*-1;+4. The number of hydrogen-bond donors (Lipinski definition) is 2. The molecule has 2 aliphatic carbocycles. The summed E-state index contributed by atoms with van der Waals surface area (Å²) in [5.41, 5.74) is -2.79. The molecule has 0 spiro atoms. The predicted octanol–water partition coefficient (Wildman–Crippen LogP) is 8.42. The Morgan fingerprint density at radius 1 is 0.622 bits per heavy atom. The van der Waals surface area contributed by atoms with Crippen LogP contribution in [0.5, 0.6) is 0 Å². The summed E-state index contributed by atoms with van der Waals surface area (Å²) < 4.78 is 53.4. The second kappa shape index (κ2) is 14.8. The van der Waals surface area contributed by atoms with Crippen molar-refractivity contribution < 1.29 is 39.3 Å². The largest absolute Gasteiger partial charge is 4.00 e. The van der Waals surface area contributed by atoms with E-state index in [1.165, 1.54) is 48.8 Å². The fraction of sp³-hybridized carbons (Fsp3) is 0.0667. The third kappa shape index (κ3) is 9.41. The molecule has 0 radical (unpaired) electrons. The van der Waals surface area contributed by atoms with E-state index in [2.05, 4.69) is 9.97 Å². The van der Waals surface area contributed by atoms with E-state index < -0.39 is 23.0 Å². The number of H-pyrrole nitrogens is 2. The van der Waals surface area contributed by atoms with Gasteiger partial charge >= 0.3 is 21.7 Å². The molecule has 2 aliphatic rings. The molecular formula is C30H26F4N2Ti. The molecule has 6 rings (SSSR count). The Hall–Kier alpha value is -3.61. The van der Waals surface area contributed by atoms with E-state index in [9.17, 15) is 17.6 Å². The van der Waals surface area contributed by atoms with Crippen molar-refractivity contribution >= 4 is 0 Å². The summed E-state index contributed by atoms with van der Waals surface area (Å²) in [6, 6.07) is 23.2. The predicted molar refractivity (Wildman–Crippen MR) is 136 cm³/mol. The summed E-state index contributed by atoms with van der Waals surface area (Å²) in [7, 11) is 0. The molecule has 2 nitrogen and oxygen atoms in total. The van der Waals surface area contributed by atoms with E-state index in [1.54, 1.807) is 24.5 Å². The zero-order valence-electron chi connectivity index (χ0n) is 19.9. The fourth-order valence-electron chi connectivity index (χ4n) is 3.28. The molecule has 188 valence electrons. The van der Waals surface area contributed by atoms with Crippen molar-refractivity contribution in [2.24, 2.45) is 0 Å². The number of hydrogen-bond acceptors (Lipinski definition) is 0. The van der Waals surface area contributed by atoms with E-state index in [0.29, 0.717) is 11.1 Å². The Morgan fingerprint density at radius 2 is 1.00 bits per heavy atom. The summed E-state index contributed by atoms with van der Waals surface area (Å²) in [5.74, 6) is -1.10. The van der Waals surface area contributed by atoms with Gasteiger partial charge < -0.3 is 9.97 Å². The molecule has 0 amide bonds. The van der Waals surface area contributed by atoms with Crippen molar-refractivity contribution in [3.63, 3.8) is 0 Å². The molecule has 2 atom stereocenters. The van der Waals surface area contributed by atoms with Crippen molar-refractivity contribution in [2.45, 2.75) is 11.3 Å². The van der Waals surface area contributed by atoms with E-state index in [4.69, 9.17) is 0 Å². The number of halogens is 4. The molecule has 37 heavy (non-hydrogen) atoms. The molecule has 2 heterocycles. The molecule has 2 aromatic carbocycles. The summed E-state index contributed by atoms with van der Waals surface area (Å²) in [6.07, 6.45) is 16.0. The number of alkyl halides is 2. The molecule has 0 fully saturated rings. The first-order valence-corrected chi connectivity index (χ1v) is 11.2. The van der Waals surface area contributed by atoms with Gasteiger partial charge in [0.1, 0.15) is 11.3 Å². The van der Waals surface area contributed by atoms with Gasteiger partial charge in [-0.2, -0.15) is 61.4 Å². The maximum absolute atomic E-state index is 13.9. The minimum atomic E-state index is -1.81. The van der Waals surface area contributed by atoms with E-state index in [1.807, 2.05) is 60.7 Å². The first-order chi connectivity index (χ1) is 17.4. The van der Waals surface area contributed by atoms with Crippen LogP contribution in [0, 0.1) is 12.8 Å². The van der Waals surface area contributed by atoms with Crippen LogP contribution in [-0.2, 0) is 33.1 Å². The second-order valence-corrected chi connectivity index (χ2v) is 7.77. The summed E-state index contributed by atoms with van der Waals surface area (Å²) >= 11 is 0. The normalized spacial score (nSPS) is 21.0. The minimum Gasteiger partial charge on any atom is -0.367 e. The zero-order valence-corrected chi connectivity index (χ0v) is 21.4. The smallest absolute Gasteiger partial charge is 0.367 e. The van der Waals surface area contributed by atoms with Crippen LogP contribution in [0.2, 0.25) is 0 Å². The molecule has 0 aliphatic heterocycles. The van der Waals surface area contributed by atoms with Crippen LogP contribution in [0.15, 0.2) is 146 Å². The SMILES string of the molecule is FC1=CC=CC(F)(c2cc[nH]c2)[CH-]1.FC1=CC=CC(F)(c2cc[nH]c2)[CH-]1.[Ti+4].c1cc[cH-]c1.c1cc[cH-]c1. The van der Waals surface area contributed by atoms with Crippen molar-refractivity contribution in [1.29, 1.82) is 0 Å². The van der Waals surface area contributed by atoms with Gasteiger partial charge in [-0.05, 0) is 34.9 Å². The van der Waals surface area contributed by atoms with Gasteiger partial charge in [0, 0.05) is 24.8 Å². The van der Waals surface area contributed by atoms with Crippen molar-refractivity contribution in [1.82, 2.24) is 9.97 Å². The van der Waals surface area contributed by atoms with Gasteiger partial charge in [0.25, 0.3) is 0 Å². The van der Waals surface area contributed by atoms with Gasteiger partial charge in [-0.1, -0.05) is 12.2 Å². The van der Waals surface area contributed by atoms with Gasteiger partial charge in [0.15, 0.2) is 0 Å². The van der Waals surface area contributed by atoms with Gasteiger partial charge in [-0.15, -0.1) is 12.2 Å². The summed E-state index contributed by atoms with van der Waals surface area (Å²) in [5, 5.41) is 0. The minimum absolute atomic E-state index is 0. The van der Waals surface area contributed by atoms with Crippen molar-refractivity contribution in [3.05, 3.63) is 170 Å². The van der Waals surface area contributed by atoms with Gasteiger partial charge in [-0.3, -0.25) is 0 Å². The molecule has 4 aromatic rings. The van der Waals surface area contributed by atoms with Crippen molar-refractivity contribution in [2.75, 3.05) is 0 Å². The van der Waals surface area contributed by atoms with Crippen LogP contribution in [-0.4, -0.2) is 9.97 Å². The first kappa shape index (κ1) is 29.6. The molecule has 2 N–H and O–H groups in total. The number of rotatable bonds is 2. The number of allylic oxidation sites excluding steroid dienone is 8. The molecule has 7 heteroatoms. The molecule has 0 saturated heterocycles.